The zero-order valence-electron chi connectivity index (χ0n) is 11.5. The molecular formula is C16H14N2O3. The van der Waals surface area contributed by atoms with Crippen molar-refractivity contribution in [3.63, 3.8) is 0 Å². The van der Waals surface area contributed by atoms with Crippen LogP contribution in [0.4, 0.5) is 0 Å². The molecule has 21 heavy (non-hydrogen) atoms. The lowest BCUT2D eigenvalue weighted by molar-refractivity contribution is 0.0475. The van der Waals surface area contributed by atoms with E-state index in [-0.39, 0.29) is 12.4 Å². The molecule has 3 rings (SSSR count). The number of carbonyl (C=O) groups is 2. The lowest BCUT2D eigenvalue weighted by Crippen LogP contribution is -2.14. The summed E-state index contributed by atoms with van der Waals surface area (Å²) in [4.78, 5) is 26.7. The van der Waals surface area contributed by atoms with E-state index in [2.05, 4.69) is 4.98 Å². The maximum Gasteiger partial charge on any atom is 0.340 e. The number of esters is 1. The third-order valence-electron chi connectivity index (χ3n) is 3.35. The first kappa shape index (κ1) is 13.2. The van der Waals surface area contributed by atoms with E-state index in [9.17, 15) is 9.59 Å². The van der Waals surface area contributed by atoms with E-state index in [0.717, 1.165) is 10.9 Å². The Balaban J connectivity index is 1.77. The molecule has 0 aliphatic carbocycles. The average Bonchev–Trinajstić information content (AvgIpc) is 3.13. The predicted molar refractivity (Wildman–Crippen MR) is 78.3 cm³/mol. The molecule has 2 aromatic heterocycles. The lowest BCUT2D eigenvalue weighted by atomic mass is 10.2. The minimum Gasteiger partial charge on any atom is -0.454 e. The second-order valence-electron chi connectivity index (χ2n) is 4.75. The highest BCUT2D eigenvalue weighted by Crippen LogP contribution is 2.21. The predicted octanol–water partition coefficient (Wildman–Crippen LogP) is 2.55. The highest BCUT2D eigenvalue weighted by molar-refractivity contribution is 6.05. The summed E-state index contributed by atoms with van der Waals surface area (Å²) in [5.41, 5.74) is 1.84. The Morgan fingerprint density at radius 1 is 1.19 bits per heavy atom. The van der Waals surface area contributed by atoms with Gasteiger partial charge in [-0.1, -0.05) is 18.2 Å². The number of fused-ring (bicyclic) bond motifs is 1. The third kappa shape index (κ3) is 2.45. The Hall–Kier alpha value is -2.82. The van der Waals surface area contributed by atoms with Crippen LogP contribution in [-0.4, -0.2) is 27.9 Å². The fourth-order valence-corrected chi connectivity index (χ4v) is 2.29. The van der Waals surface area contributed by atoms with Crippen LogP contribution in [0.25, 0.3) is 10.9 Å². The van der Waals surface area contributed by atoms with E-state index in [4.69, 9.17) is 4.74 Å². The SMILES string of the molecule is Cn1cc(C(=O)OCC(=O)c2ccc[nH]2)c2ccccc21. The van der Waals surface area contributed by atoms with Crippen molar-refractivity contribution in [3.8, 4) is 0 Å². The Kier molecular flexibility index (Phi) is 3.31. The molecule has 0 amide bonds. The molecule has 0 fully saturated rings. The number of H-pyrrole nitrogens is 1. The largest absolute Gasteiger partial charge is 0.454 e. The molecule has 1 aromatic carbocycles. The zero-order chi connectivity index (χ0) is 14.8. The first-order chi connectivity index (χ1) is 10.2. The fourth-order valence-electron chi connectivity index (χ4n) is 2.29. The van der Waals surface area contributed by atoms with E-state index in [0.29, 0.717) is 11.3 Å². The summed E-state index contributed by atoms with van der Waals surface area (Å²) in [6.07, 6.45) is 3.37. The van der Waals surface area contributed by atoms with Crippen LogP contribution in [0.15, 0.2) is 48.8 Å². The van der Waals surface area contributed by atoms with Gasteiger partial charge in [0.2, 0.25) is 5.78 Å². The van der Waals surface area contributed by atoms with Gasteiger partial charge >= 0.3 is 5.97 Å². The number of nitrogens with one attached hydrogen (secondary N) is 1. The first-order valence-electron chi connectivity index (χ1n) is 6.54. The molecule has 1 N–H and O–H groups in total. The van der Waals surface area contributed by atoms with E-state index in [1.165, 1.54) is 0 Å². The molecular weight excluding hydrogens is 268 g/mol. The van der Waals surface area contributed by atoms with Crippen LogP contribution in [0, 0.1) is 0 Å². The number of hydrogen-bond donors (Lipinski definition) is 1. The van der Waals surface area contributed by atoms with Crippen molar-refractivity contribution in [1.82, 2.24) is 9.55 Å². The van der Waals surface area contributed by atoms with Gasteiger partial charge in [-0.05, 0) is 18.2 Å². The summed E-state index contributed by atoms with van der Waals surface area (Å²) >= 11 is 0. The number of Topliss-reactive ketones (excluding diaryl/α,β-unsaturated/α-hetero) is 1. The van der Waals surface area contributed by atoms with E-state index < -0.39 is 5.97 Å². The van der Waals surface area contributed by atoms with Gasteiger partial charge in [0.15, 0.2) is 6.61 Å². The van der Waals surface area contributed by atoms with Crippen molar-refractivity contribution in [2.45, 2.75) is 0 Å². The van der Waals surface area contributed by atoms with Crippen LogP contribution < -0.4 is 0 Å². The molecule has 5 heteroatoms. The second-order valence-corrected chi connectivity index (χ2v) is 4.75. The quantitative estimate of drug-likeness (QED) is 0.591. The molecule has 0 saturated carbocycles. The average molecular weight is 282 g/mol. The Morgan fingerprint density at radius 3 is 2.76 bits per heavy atom. The monoisotopic (exact) mass is 282 g/mol. The van der Waals surface area contributed by atoms with Gasteiger partial charge in [-0.25, -0.2) is 4.79 Å². The summed E-state index contributed by atoms with van der Waals surface area (Å²) in [5, 5.41) is 0.817. The minimum absolute atomic E-state index is 0.256. The van der Waals surface area contributed by atoms with Gasteiger partial charge in [0.1, 0.15) is 0 Å². The normalized spacial score (nSPS) is 10.7. The molecule has 2 heterocycles. The van der Waals surface area contributed by atoms with Gasteiger partial charge in [-0.2, -0.15) is 0 Å². The van der Waals surface area contributed by atoms with Crippen molar-refractivity contribution < 1.29 is 14.3 Å². The maximum atomic E-state index is 12.1. The smallest absolute Gasteiger partial charge is 0.340 e. The van der Waals surface area contributed by atoms with E-state index >= 15 is 0 Å². The summed E-state index contributed by atoms with van der Waals surface area (Å²) in [6, 6.07) is 10.9. The Morgan fingerprint density at radius 2 is 2.00 bits per heavy atom. The molecule has 0 aliphatic rings. The van der Waals surface area contributed by atoms with Crippen LogP contribution in [0.1, 0.15) is 20.8 Å². The summed E-state index contributed by atoms with van der Waals surface area (Å²) < 4.78 is 6.97. The molecule has 0 aliphatic heterocycles. The second kappa shape index (κ2) is 5.28. The van der Waals surface area contributed by atoms with E-state index in [1.54, 1.807) is 24.5 Å². The van der Waals surface area contributed by atoms with Crippen molar-refractivity contribution in [3.05, 3.63) is 60.0 Å². The number of aromatic amines is 1. The maximum absolute atomic E-state index is 12.1. The molecule has 0 atom stereocenters. The van der Waals surface area contributed by atoms with Gasteiger partial charge in [0, 0.05) is 30.3 Å². The first-order valence-corrected chi connectivity index (χ1v) is 6.54. The number of hydrogen-bond acceptors (Lipinski definition) is 3. The molecule has 0 unspecified atom stereocenters. The van der Waals surface area contributed by atoms with Gasteiger partial charge in [0.05, 0.1) is 11.3 Å². The van der Waals surface area contributed by atoms with Gasteiger partial charge in [0.25, 0.3) is 0 Å². The molecule has 0 spiro atoms. The highest BCUT2D eigenvalue weighted by atomic mass is 16.5. The van der Waals surface area contributed by atoms with Crippen LogP contribution in [0.5, 0.6) is 0 Å². The molecule has 0 saturated heterocycles. The molecule has 0 bridgehead atoms. The minimum atomic E-state index is -0.494. The van der Waals surface area contributed by atoms with Crippen molar-refractivity contribution in [1.29, 1.82) is 0 Å². The number of ketones is 1. The standard InChI is InChI=1S/C16H14N2O3/c1-18-9-12(11-5-2-3-7-14(11)18)16(20)21-10-15(19)13-6-4-8-17-13/h2-9,17H,10H2,1H3. The number of rotatable bonds is 4. The number of ether oxygens (including phenoxy) is 1. The fraction of sp³-hybridized carbons (Fsp3) is 0.125. The summed E-state index contributed by atoms with van der Waals surface area (Å²) in [7, 11) is 1.86. The van der Waals surface area contributed by atoms with Gasteiger partial charge < -0.3 is 14.3 Å². The van der Waals surface area contributed by atoms with Crippen LogP contribution in [0.2, 0.25) is 0 Å². The van der Waals surface area contributed by atoms with Gasteiger partial charge in [-0.15, -0.1) is 0 Å². The molecule has 0 radical (unpaired) electrons. The van der Waals surface area contributed by atoms with Crippen molar-refractivity contribution in [2.75, 3.05) is 6.61 Å². The number of para-hydroxylation sites is 1. The van der Waals surface area contributed by atoms with Gasteiger partial charge in [-0.3, -0.25) is 4.79 Å². The third-order valence-corrected chi connectivity index (χ3v) is 3.35. The molecule has 3 aromatic rings. The highest BCUT2D eigenvalue weighted by Gasteiger charge is 2.16. The van der Waals surface area contributed by atoms with Crippen molar-refractivity contribution in [2.24, 2.45) is 7.05 Å². The molecule has 5 nitrogen and oxygen atoms in total. The number of benzene rings is 1. The topological polar surface area (TPSA) is 64.1 Å². The summed E-state index contributed by atoms with van der Waals surface area (Å²) in [6.45, 7) is -0.275. The van der Waals surface area contributed by atoms with Crippen molar-refractivity contribution >= 4 is 22.7 Å². The Labute approximate surface area is 121 Å². The van der Waals surface area contributed by atoms with Crippen LogP contribution in [-0.2, 0) is 11.8 Å². The zero-order valence-corrected chi connectivity index (χ0v) is 11.5. The van der Waals surface area contributed by atoms with Crippen LogP contribution >= 0.6 is 0 Å². The number of nitrogens with zero attached hydrogens (tertiary/aromatic N) is 1. The summed E-state index contributed by atoms with van der Waals surface area (Å²) in [5.74, 6) is -0.750. The number of aromatic nitrogens is 2. The number of carbonyl (C=O) groups excluding carboxylic acids is 2. The molecule has 106 valence electrons. The lowest BCUT2D eigenvalue weighted by Gasteiger charge is -2.02. The Bertz CT molecular complexity index is 800. The van der Waals surface area contributed by atoms with Crippen LogP contribution in [0.3, 0.4) is 0 Å². The number of aryl methyl sites for hydroxylation is 1. The van der Waals surface area contributed by atoms with E-state index in [1.807, 2.05) is 35.9 Å².